The molecular weight excluding hydrogens is 238 g/mol. The molecule has 1 heterocycles. The van der Waals surface area contributed by atoms with Gasteiger partial charge in [0.25, 0.3) is 5.56 Å². The molecule has 1 aromatic rings. The molecule has 1 aliphatic rings. The van der Waals surface area contributed by atoms with Crippen molar-refractivity contribution in [3.63, 3.8) is 0 Å². The van der Waals surface area contributed by atoms with Crippen molar-refractivity contribution < 1.29 is 0 Å². The van der Waals surface area contributed by atoms with Gasteiger partial charge in [0.05, 0.1) is 11.7 Å². The number of nitrogens with two attached hydrogens (primary N) is 1. The lowest BCUT2D eigenvalue weighted by molar-refractivity contribution is 0.327. The van der Waals surface area contributed by atoms with Crippen molar-refractivity contribution in [3.05, 3.63) is 16.0 Å². The minimum absolute atomic E-state index is 0.0254. The molecule has 0 radical (unpaired) electrons. The van der Waals surface area contributed by atoms with Crippen LogP contribution < -0.4 is 11.3 Å². The maximum Gasteiger partial charge on any atom is 0.290 e. The van der Waals surface area contributed by atoms with Gasteiger partial charge in [-0.15, -0.1) is 0 Å². The largest absolute Gasteiger partial charge is 0.393 e. The van der Waals surface area contributed by atoms with Crippen molar-refractivity contribution in [1.82, 2.24) is 9.36 Å². The number of nitrogen functional groups attached to an aromatic ring is 1. The molecule has 108 valence electrons. The van der Waals surface area contributed by atoms with E-state index in [1.54, 1.807) is 0 Å². The van der Waals surface area contributed by atoms with Crippen LogP contribution in [0.25, 0.3) is 0 Å². The quantitative estimate of drug-likeness (QED) is 0.853. The number of rotatable bonds is 3. The van der Waals surface area contributed by atoms with Gasteiger partial charge >= 0.3 is 0 Å². The van der Waals surface area contributed by atoms with E-state index in [1.165, 1.54) is 25.7 Å². The van der Waals surface area contributed by atoms with Crippen molar-refractivity contribution in [2.24, 2.45) is 0 Å². The lowest BCUT2D eigenvalue weighted by Crippen LogP contribution is -2.28. The minimum Gasteiger partial charge on any atom is -0.393 e. The van der Waals surface area contributed by atoms with E-state index in [-0.39, 0.29) is 5.56 Å². The number of hydrogen-bond donors (Lipinski definition) is 1. The van der Waals surface area contributed by atoms with E-state index in [1.807, 2.05) is 4.68 Å². The summed E-state index contributed by atoms with van der Waals surface area (Å²) in [7, 11) is 0. The van der Waals surface area contributed by atoms with Crippen LogP contribution in [-0.2, 0) is 6.54 Å². The van der Waals surface area contributed by atoms with E-state index in [9.17, 15) is 4.79 Å². The second kappa shape index (κ2) is 5.85. The molecule has 2 N–H and O–H groups in total. The van der Waals surface area contributed by atoms with E-state index >= 15 is 0 Å². The molecule has 2 rings (SSSR count). The van der Waals surface area contributed by atoms with E-state index in [0.29, 0.717) is 17.6 Å². The smallest absolute Gasteiger partial charge is 0.290 e. The van der Waals surface area contributed by atoms with Crippen LogP contribution in [-0.4, -0.2) is 9.36 Å². The predicted octanol–water partition coefficient (Wildman–Crippen LogP) is 3.27. The van der Waals surface area contributed by atoms with E-state index in [0.717, 1.165) is 25.1 Å². The Labute approximate surface area is 115 Å². The van der Waals surface area contributed by atoms with E-state index in [4.69, 9.17) is 5.73 Å². The SMILES string of the molecule is CCn1c(C(C)C)c(N)c(=O)n1C1CCCCCC1. The lowest BCUT2D eigenvalue weighted by atomic mass is 10.1. The van der Waals surface area contributed by atoms with Crippen molar-refractivity contribution in [2.45, 2.75) is 77.8 Å². The van der Waals surface area contributed by atoms with Gasteiger partial charge in [-0.1, -0.05) is 39.5 Å². The first-order chi connectivity index (χ1) is 9.07. The Balaban J connectivity index is 2.49. The van der Waals surface area contributed by atoms with Crippen LogP contribution >= 0.6 is 0 Å². The molecule has 0 atom stereocenters. The van der Waals surface area contributed by atoms with Crippen LogP contribution in [0.4, 0.5) is 5.69 Å². The lowest BCUT2D eigenvalue weighted by Gasteiger charge is -2.21. The van der Waals surface area contributed by atoms with Crippen LogP contribution in [0, 0.1) is 0 Å². The molecule has 1 aliphatic carbocycles. The first-order valence-electron chi connectivity index (χ1n) is 7.68. The van der Waals surface area contributed by atoms with Crippen molar-refractivity contribution >= 4 is 5.69 Å². The summed E-state index contributed by atoms with van der Waals surface area (Å²) in [5.74, 6) is 0.291. The molecule has 0 amide bonds. The Kier molecular flexibility index (Phi) is 4.38. The summed E-state index contributed by atoms with van der Waals surface area (Å²) < 4.78 is 4.08. The van der Waals surface area contributed by atoms with Gasteiger partial charge < -0.3 is 5.73 Å². The molecule has 4 heteroatoms. The highest BCUT2D eigenvalue weighted by atomic mass is 16.1. The molecule has 0 saturated heterocycles. The van der Waals surface area contributed by atoms with Gasteiger partial charge in [0.2, 0.25) is 0 Å². The fourth-order valence-corrected chi connectivity index (χ4v) is 3.39. The van der Waals surface area contributed by atoms with Crippen LogP contribution in [0.3, 0.4) is 0 Å². The first kappa shape index (κ1) is 14.2. The van der Waals surface area contributed by atoms with Gasteiger partial charge in [-0.05, 0) is 25.7 Å². The Morgan fingerprint density at radius 3 is 2.26 bits per heavy atom. The van der Waals surface area contributed by atoms with E-state index in [2.05, 4.69) is 25.5 Å². The van der Waals surface area contributed by atoms with Crippen LogP contribution in [0.15, 0.2) is 4.79 Å². The molecular formula is C15H27N3O. The molecule has 1 aromatic heterocycles. The second-order valence-corrected chi connectivity index (χ2v) is 5.96. The molecule has 0 spiro atoms. The molecule has 19 heavy (non-hydrogen) atoms. The Bertz CT molecular complexity index is 476. The predicted molar refractivity (Wildman–Crippen MR) is 79.6 cm³/mol. The molecule has 0 aliphatic heterocycles. The van der Waals surface area contributed by atoms with Gasteiger partial charge in [0, 0.05) is 6.54 Å². The number of nitrogens with zero attached hydrogens (tertiary/aromatic N) is 2. The van der Waals surface area contributed by atoms with Gasteiger partial charge in [-0.2, -0.15) is 0 Å². The molecule has 0 aromatic carbocycles. The Hall–Kier alpha value is -1.19. The van der Waals surface area contributed by atoms with Crippen LogP contribution in [0.2, 0.25) is 0 Å². The van der Waals surface area contributed by atoms with Crippen molar-refractivity contribution in [1.29, 1.82) is 0 Å². The summed E-state index contributed by atoms with van der Waals surface area (Å²) in [6, 6.07) is 0.338. The van der Waals surface area contributed by atoms with Gasteiger partial charge in [0.15, 0.2) is 0 Å². The maximum atomic E-state index is 12.5. The van der Waals surface area contributed by atoms with Gasteiger partial charge in [-0.25, -0.2) is 4.68 Å². The summed E-state index contributed by atoms with van der Waals surface area (Å²) >= 11 is 0. The average Bonchev–Trinajstić information content (AvgIpc) is 2.59. The normalized spacial score (nSPS) is 17.9. The summed E-state index contributed by atoms with van der Waals surface area (Å²) in [5, 5.41) is 0. The second-order valence-electron chi connectivity index (χ2n) is 5.96. The monoisotopic (exact) mass is 265 g/mol. The minimum atomic E-state index is 0.0254. The average molecular weight is 265 g/mol. The zero-order valence-electron chi connectivity index (χ0n) is 12.5. The fraction of sp³-hybridized carbons (Fsp3) is 0.800. The molecule has 0 bridgehead atoms. The topological polar surface area (TPSA) is 52.9 Å². The third kappa shape index (κ3) is 2.58. The number of hydrogen-bond acceptors (Lipinski definition) is 2. The molecule has 0 unspecified atom stereocenters. The highest BCUT2D eigenvalue weighted by Crippen LogP contribution is 2.29. The van der Waals surface area contributed by atoms with Gasteiger partial charge in [-0.3, -0.25) is 9.48 Å². The van der Waals surface area contributed by atoms with Crippen LogP contribution in [0.5, 0.6) is 0 Å². The summed E-state index contributed by atoms with van der Waals surface area (Å²) in [4.78, 5) is 12.5. The maximum absolute atomic E-state index is 12.5. The summed E-state index contributed by atoms with van der Waals surface area (Å²) in [6.45, 7) is 7.12. The Morgan fingerprint density at radius 1 is 1.21 bits per heavy atom. The van der Waals surface area contributed by atoms with E-state index < -0.39 is 0 Å². The van der Waals surface area contributed by atoms with Gasteiger partial charge in [0.1, 0.15) is 5.69 Å². The number of aromatic nitrogens is 2. The number of anilines is 1. The molecule has 4 nitrogen and oxygen atoms in total. The highest BCUT2D eigenvalue weighted by molar-refractivity contribution is 5.43. The zero-order valence-corrected chi connectivity index (χ0v) is 12.5. The Morgan fingerprint density at radius 2 is 1.79 bits per heavy atom. The zero-order chi connectivity index (χ0) is 14.0. The molecule has 1 saturated carbocycles. The van der Waals surface area contributed by atoms with Crippen molar-refractivity contribution in [2.75, 3.05) is 5.73 Å². The highest BCUT2D eigenvalue weighted by Gasteiger charge is 2.24. The first-order valence-corrected chi connectivity index (χ1v) is 7.68. The third-order valence-corrected chi connectivity index (χ3v) is 4.27. The molecule has 1 fully saturated rings. The summed E-state index contributed by atoms with van der Waals surface area (Å²) in [6.07, 6.45) is 7.27. The fourth-order valence-electron chi connectivity index (χ4n) is 3.39. The van der Waals surface area contributed by atoms with Crippen LogP contribution in [0.1, 0.15) is 76.9 Å². The standard InChI is InChI=1S/C15H27N3O/c1-4-17-14(11(2)3)13(16)15(19)18(17)12-9-7-5-6-8-10-12/h11-12H,4-10,16H2,1-3H3. The van der Waals surface area contributed by atoms with Crippen molar-refractivity contribution in [3.8, 4) is 0 Å². The third-order valence-electron chi connectivity index (χ3n) is 4.27. The summed E-state index contributed by atoms with van der Waals surface area (Å²) in [5.41, 5.74) is 7.57.